The molecule has 3 heterocycles. The maximum Gasteiger partial charge on any atom is 0.0788 e. The SMILES string of the molecule is C=C/C(=C\C=C/C)C1(c2ccccc2)c2ccccc2-c2ccc(N(c3ccc(-c4cccnc4)cc3)c3ccc4c(c3)c3ccc5ccn(-c6ccccc6)c5c3n4-c3ccccc3)cc21.C=CC. The van der Waals surface area contributed by atoms with Crippen LogP contribution in [0.25, 0.3) is 66.3 Å². The van der Waals surface area contributed by atoms with Crippen LogP contribution in [-0.4, -0.2) is 14.1 Å². The first-order valence-corrected chi connectivity index (χ1v) is 23.9. The highest BCUT2D eigenvalue weighted by atomic mass is 15.1. The molecule has 0 saturated carbocycles. The molecule has 8 aromatic carbocycles. The van der Waals surface area contributed by atoms with E-state index in [0.29, 0.717) is 0 Å². The lowest BCUT2D eigenvalue weighted by Crippen LogP contribution is -2.29. The molecule has 4 heteroatoms. The van der Waals surface area contributed by atoms with Crippen LogP contribution in [-0.2, 0) is 5.41 Å². The quantitative estimate of drug-likeness (QED) is 0.101. The molecule has 1 aliphatic carbocycles. The molecule has 336 valence electrons. The molecule has 4 nitrogen and oxygen atoms in total. The van der Waals surface area contributed by atoms with E-state index < -0.39 is 5.41 Å². The van der Waals surface area contributed by atoms with E-state index in [4.69, 9.17) is 0 Å². The minimum Gasteiger partial charge on any atom is -0.315 e. The van der Waals surface area contributed by atoms with Gasteiger partial charge in [0.1, 0.15) is 0 Å². The summed E-state index contributed by atoms with van der Waals surface area (Å²) >= 11 is 0. The maximum absolute atomic E-state index is 4.46. The Balaban J connectivity index is 0.00000174. The van der Waals surface area contributed by atoms with Crippen LogP contribution in [0.3, 0.4) is 0 Å². The average molecular weight is 901 g/mol. The van der Waals surface area contributed by atoms with Crippen LogP contribution in [0.5, 0.6) is 0 Å². The first kappa shape index (κ1) is 43.6. The van der Waals surface area contributed by atoms with Crippen molar-refractivity contribution in [1.29, 1.82) is 0 Å². The van der Waals surface area contributed by atoms with E-state index in [-0.39, 0.29) is 0 Å². The van der Waals surface area contributed by atoms with Crippen molar-refractivity contribution >= 4 is 49.8 Å². The predicted molar refractivity (Wildman–Crippen MR) is 296 cm³/mol. The molecule has 1 atom stereocenters. The molecule has 12 rings (SSSR count). The Labute approximate surface area is 410 Å². The summed E-state index contributed by atoms with van der Waals surface area (Å²) in [5, 5.41) is 3.55. The molecular weight excluding hydrogens is 849 g/mol. The fourth-order valence-electron chi connectivity index (χ4n) is 10.7. The third-order valence-corrected chi connectivity index (χ3v) is 13.6. The van der Waals surface area contributed by atoms with Gasteiger partial charge in [0.25, 0.3) is 0 Å². The van der Waals surface area contributed by atoms with Gasteiger partial charge >= 0.3 is 0 Å². The molecule has 0 saturated heterocycles. The predicted octanol–water partition coefficient (Wildman–Crippen LogP) is 17.5. The zero-order valence-corrected chi connectivity index (χ0v) is 39.5. The Kier molecular flexibility index (Phi) is 11.6. The first-order chi connectivity index (χ1) is 34.6. The second kappa shape index (κ2) is 18.6. The molecule has 0 fully saturated rings. The van der Waals surface area contributed by atoms with Gasteiger partial charge in [-0.05, 0) is 137 Å². The van der Waals surface area contributed by atoms with Gasteiger partial charge < -0.3 is 14.0 Å². The fraction of sp³-hybridized carbons (Fsp3) is 0.0455. The van der Waals surface area contributed by atoms with Crippen LogP contribution < -0.4 is 4.90 Å². The monoisotopic (exact) mass is 900 g/mol. The topological polar surface area (TPSA) is 26.0 Å². The Bertz CT molecular complexity index is 3750. The average Bonchev–Trinajstić information content (AvgIpc) is 4.10. The molecule has 0 N–H and O–H groups in total. The van der Waals surface area contributed by atoms with Crippen molar-refractivity contribution in [3.63, 3.8) is 0 Å². The van der Waals surface area contributed by atoms with Crippen molar-refractivity contribution in [2.45, 2.75) is 19.3 Å². The lowest BCUT2D eigenvalue weighted by molar-refractivity contribution is 0.767. The molecule has 70 heavy (non-hydrogen) atoms. The van der Waals surface area contributed by atoms with Crippen molar-refractivity contribution in [2.75, 3.05) is 4.90 Å². The van der Waals surface area contributed by atoms with E-state index in [0.717, 1.165) is 50.7 Å². The van der Waals surface area contributed by atoms with Crippen molar-refractivity contribution < 1.29 is 0 Å². The number of pyridine rings is 1. The largest absolute Gasteiger partial charge is 0.315 e. The van der Waals surface area contributed by atoms with Crippen molar-refractivity contribution in [2.24, 2.45) is 0 Å². The van der Waals surface area contributed by atoms with Gasteiger partial charge in [-0.3, -0.25) is 4.98 Å². The van der Waals surface area contributed by atoms with Crippen molar-refractivity contribution in [3.05, 3.63) is 291 Å². The number of benzene rings is 8. The summed E-state index contributed by atoms with van der Waals surface area (Å²) < 4.78 is 4.77. The molecular formula is C66H52N4. The molecule has 1 aliphatic rings. The number of para-hydroxylation sites is 2. The zero-order chi connectivity index (χ0) is 47.6. The zero-order valence-electron chi connectivity index (χ0n) is 39.5. The number of allylic oxidation sites excluding steroid dienone is 6. The molecule has 0 amide bonds. The van der Waals surface area contributed by atoms with E-state index >= 15 is 0 Å². The Morgan fingerprint density at radius 3 is 1.93 bits per heavy atom. The standard InChI is InChI=1S/C63H46N4.C3H6/c1-3-5-19-47(4-2)63(48-20-9-6-10-21-48)58-27-16-15-26-54(58)55-36-33-53(42-59(55)63)66(51-31-28-44(29-32-51)46-18-17-39-64-43-46)52-34-37-60-57(41-52)56-35-30-45-38-40-65(49-22-11-7-12-23-49)61(45)62(56)67(60)50-24-13-8-14-25-50;1-3-2/h3-43H,2H2,1H3;3H,1H2,2H3/b5-3-,47-19+;. The second-order valence-electron chi connectivity index (χ2n) is 17.6. The van der Waals surface area contributed by atoms with Crippen LogP contribution in [0.1, 0.15) is 30.5 Å². The van der Waals surface area contributed by atoms with Gasteiger partial charge in [-0.15, -0.1) is 6.58 Å². The lowest BCUT2D eigenvalue weighted by Gasteiger charge is -2.35. The van der Waals surface area contributed by atoms with E-state index in [1.807, 2.05) is 31.5 Å². The van der Waals surface area contributed by atoms with Crippen LogP contribution >= 0.6 is 0 Å². The van der Waals surface area contributed by atoms with Gasteiger partial charge in [-0.2, -0.15) is 0 Å². The number of hydrogen-bond donors (Lipinski definition) is 0. The molecule has 1 unspecified atom stereocenters. The number of aromatic nitrogens is 3. The number of hydrogen-bond acceptors (Lipinski definition) is 2. The van der Waals surface area contributed by atoms with Crippen LogP contribution in [0.2, 0.25) is 0 Å². The summed E-state index contributed by atoms with van der Waals surface area (Å²) in [6.45, 7) is 11.8. The summed E-state index contributed by atoms with van der Waals surface area (Å²) in [5.74, 6) is 0. The Morgan fingerprint density at radius 1 is 0.557 bits per heavy atom. The van der Waals surface area contributed by atoms with Crippen LogP contribution in [0, 0.1) is 0 Å². The van der Waals surface area contributed by atoms with E-state index in [1.54, 1.807) is 6.08 Å². The molecule has 0 aliphatic heterocycles. The van der Waals surface area contributed by atoms with Gasteiger partial charge in [-0.1, -0.05) is 164 Å². The fourth-order valence-corrected chi connectivity index (χ4v) is 10.7. The third-order valence-electron chi connectivity index (χ3n) is 13.6. The molecule has 0 spiro atoms. The molecule has 0 bridgehead atoms. The van der Waals surface area contributed by atoms with Gasteiger partial charge in [0.15, 0.2) is 0 Å². The number of anilines is 3. The van der Waals surface area contributed by atoms with Gasteiger partial charge in [0.2, 0.25) is 0 Å². The van der Waals surface area contributed by atoms with Gasteiger partial charge in [0, 0.05) is 63.2 Å². The molecule has 0 radical (unpaired) electrons. The highest BCUT2D eigenvalue weighted by Crippen LogP contribution is 2.58. The number of nitrogens with zero attached hydrogens (tertiary/aromatic N) is 4. The number of fused-ring (bicyclic) bond motifs is 8. The van der Waals surface area contributed by atoms with Crippen LogP contribution in [0.15, 0.2) is 274 Å². The maximum atomic E-state index is 4.46. The summed E-state index contributed by atoms with van der Waals surface area (Å²) in [6.07, 6.45) is 16.2. The van der Waals surface area contributed by atoms with E-state index in [2.05, 4.69) is 264 Å². The minimum atomic E-state index is -0.619. The van der Waals surface area contributed by atoms with Gasteiger partial charge in [0.05, 0.1) is 22.0 Å². The normalized spacial score (nSPS) is 14.1. The Morgan fingerprint density at radius 2 is 1.21 bits per heavy atom. The second-order valence-corrected chi connectivity index (χ2v) is 17.6. The van der Waals surface area contributed by atoms with Gasteiger partial charge in [-0.25, -0.2) is 0 Å². The highest BCUT2D eigenvalue weighted by Gasteiger charge is 2.46. The summed E-state index contributed by atoms with van der Waals surface area (Å²) in [4.78, 5) is 6.85. The summed E-state index contributed by atoms with van der Waals surface area (Å²) in [7, 11) is 0. The van der Waals surface area contributed by atoms with Crippen LogP contribution in [0.4, 0.5) is 17.1 Å². The Hall–Kier alpha value is -8.99. The summed E-state index contributed by atoms with van der Waals surface area (Å²) in [6, 6.07) is 75.1. The molecule has 3 aromatic heterocycles. The van der Waals surface area contributed by atoms with Crippen molar-refractivity contribution in [3.8, 4) is 33.6 Å². The van der Waals surface area contributed by atoms with E-state index in [1.165, 1.54) is 55.0 Å². The number of rotatable bonds is 10. The third kappa shape index (κ3) is 7.21. The smallest absolute Gasteiger partial charge is 0.0788 e. The minimum absolute atomic E-state index is 0.619. The van der Waals surface area contributed by atoms with Crippen molar-refractivity contribution in [1.82, 2.24) is 14.1 Å². The lowest BCUT2D eigenvalue weighted by atomic mass is 9.67. The van der Waals surface area contributed by atoms with E-state index in [9.17, 15) is 0 Å². The summed E-state index contributed by atoms with van der Waals surface area (Å²) in [5.41, 5.74) is 17.7. The first-order valence-electron chi connectivity index (χ1n) is 23.9. The molecule has 11 aromatic rings. The highest BCUT2D eigenvalue weighted by molar-refractivity contribution is 6.19.